The standard InChI is InChI=1S/C11H20N2O3/c1-13(9-6-12-7-10(9)14)11(15)5-8-3-2-4-16-8/h8-10,12,14H,2-7H2,1H3/t8?,9-,10-/m0/s1. The number of aliphatic hydroxyl groups is 1. The van der Waals surface area contributed by atoms with Gasteiger partial charge in [0, 0.05) is 26.7 Å². The molecule has 0 aliphatic carbocycles. The minimum Gasteiger partial charge on any atom is -0.390 e. The highest BCUT2D eigenvalue weighted by Crippen LogP contribution is 2.17. The highest BCUT2D eigenvalue weighted by atomic mass is 16.5. The monoisotopic (exact) mass is 228 g/mol. The normalized spacial score (nSPS) is 34.2. The van der Waals surface area contributed by atoms with Gasteiger partial charge in [-0.25, -0.2) is 0 Å². The molecule has 92 valence electrons. The van der Waals surface area contributed by atoms with E-state index in [9.17, 15) is 9.90 Å². The lowest BCUT2D eigenvalue weighted by Crippen LogP contribution is -2.45. The van der Waals surface area contributed by atoms with Crippen LogP contribution in [-0.2, 0) is 9.53 Å². The van der Waals surface area contributed by atoms with Gasteiger partial charge in [0.25, 0.3) is 0 Å². The first kappa shape index (κ1) is 11.8. The smallest absolute Gasteiger partial charge is 0.225 e. The number of nitrogens with one attached hydrogen (secondary N) is 1. The number of likely N-dealkylation sites (N-methyl/N-ethyl adjacent to an activating group) is 1. The molecule has 0 aromatic heterocycles. The van der Waals surface area contributed by atoms with Gasteiger partial charge in [0.2, 0.25) is 5.91 Å². The Bertz CT molecular complexity index is 254. The zero-order valence-corrected chi connectivity index (χ0v) is 9.69. The van der Waals surface area contributed by atoms with E-state index in [0.717, 1.165) is 19.4 Å². The average molecular weight is 228 g/mol. The summed E-state index contributed by atoms with van der Waals surface area (Å²) >= 11 is 0. The lowest BCUT2D eigenvalue weighted by Gasteiger charge is -2.27. The molecule has 0 aromatic rings. The van der Waals surface area contributed by atoms with Gasteiger partial charge in [-0.3, -0.25) is 4.79 Å². The van der Waals surface area contributed by atoms with E-state index >= 15 is 0 Å². The summed E-state index contributed by atoms with van der Waals surface area (Å²) < 4.78 is 5.44. The average Bonchev–Trinajstić information content (AvgIpc) is 2.88. The third-order valence-electron chi connectivity index (χ3n) is 3.47. The van der Waals surface area contributed by atoms with Crippen LogP contribution in [0.25, 0.3) is 0 Å². The van der Waals surface area contributed by atoms with Crippen molar-refractivity contribution < 1.29 is 14.6 Å². The lowest BCUT2D eigenvalue weighted by atomic mass is 10.1. The minimum atomic E-state index is -0.446. The summed E-state index contributed by atoms with van der Waals surface area (Å²) in [5.41, 5.74) is 0. The number of carbonyl (C=O) groups excluding carboxylic acids is 1. The molecule has 5 nitrogen and oxygen atoms in total. The van der Waals surface area contributed by atoms with Crippen molar-refractivity contribution in [2.45, 2.75) is 37.5 Å². The third-order valence-corrected chi connectivity index (χ3v) is 3.47. The van der Waals surface area contributed by atoms with Crippen LogP contribution in [0.3, 0.4) is 0 Å². The van der Waals surface area contributed by atoms with Crippen molar-refractivity contribution >= 4 is 5.91 Å². The van der Waals surface area contributed by atoms with E-state index in [1.165, 1.54) is 0 Å². The van der Waals surface area contributed by atoms with Gasteiger partial charge in [0.15, 0.2) is 0 Å². The van der Waals surface area contributed by atoms with E-state index < -0.39 is 6.10 Å². The molecule has 0 spiro atoms. The Morgan fingerprint density at radius 2 is 2.38 bits per heavy atom. The maximum Gasteiger partial charge on any atom is 0.225 e. The Kier molecular flexibility index (Phi) is 3.78. The molecule has 2 rings (SSSR count). The zero-order chi connectivity index (χ0) is 11.5. The third kappa shape index (κ3) is 2.53. The molecule has 0 saturated carbocycles. The molecule has 2 fully saturated rings. The molecule has 1 unspecified atom stereocenters. The first-order chi connectivity index (χ1) is 7.68. The van der Waals surface area contributed by atoms with Crippen LogP contribution in [-0.4, -0.2) is 60.9 Å². The Labute approximate surface area is 95.8 Å². The molecule has 2 aliphatic heterocycles. The number of hydrogen-bond acceptors (Lipinski definition) is 4. The summed E-state index contributed by atoms with van der Waals surface area (Å²) in [6, 6.07) is -0.0890. The van der Waals surface area contributed by atoms with Gasteiger partial charge in [-0.1, -0.05) is 0 Å². The summed E-state index contributed by atoms with van der Waals surface area (Å²) in [5, 5.41) is 12.8. The first-order valence-corrected chi connectivity index (χ1v) is 5.94. The molecule has 2 N–H and O–H groups in total. The SMILES string of the molecule is CN(C(=O)CC1CCCO1)[C@H]1CNC[C@@H]1O. The van der Waals surface area contributed by atoms with Gasteiger partial charge in [0.05, 0.1) is 24.7 Å². The predicted octanol–water partition coefficient (Wildman–Crippen LogP) is -0.653. The Morgan fingerprint density at radius 1 is 1.56 bits per heavy atom. The Hall–Kier alpha value is -0.650. The molecule has 16 heavy (non-hydrogen) atoms. The van der Waals surface area contributed by atoms with Crippen LogP contribution in [0.15, 0.2) is 0 Å². The first-order valence-electron chi connectivity index (χ1n) is 5.94. The number of hydrogen-bond donors (Lipinski definition) is 2. The molecule has 0 bridgehead atoms. The number of ether oxygens (including phenoxy) is 1. The molecule has 1 amide bonds. The number of nitrogens with zero attached hydrogens (tertiary/aromatic N) is 1. The van der Waals surface area contributed by atoms with Crippen molar-refractivity contribution in [2.24, 2.45) is 0 Å². The zero-order valence-electron chi connectivity index (χ0n) is 9.69. The fourth-order valence-electron chi connectivity index (χ4n) is 2.38. The summed E-state index contributed by atoms with van der Waals surface area (Å²) in [7, 11) is 1.76. The van der Waals surface area contributed by atoms with Crippen LogP contribution in [0.2, 0.25) is 0 Å². The highest BCUT2D eigenvalue weighted by molar-refractivity contribution is 5.77. The van der Waals surface area contributed by atoms with Gasteiger partial charge in [0.1, 0.15) is 0 Å². The summed E-state index contributed by atoms with van der Waals surface area (Å²) in [6.45, 7) is 2.02. The maximum atomic E-state index is 11.9. The molecule has 5 heteroatoms. The van der Waals surface area contributed by atoms with Gasteiger partial charge in [-0.15, -0.1) is 0 Å². The molecule has 0 radical (unpaired) electrons. The van der Waals surface area contributed by atoms with Gasteiger partial charge in [-0.05, 0) is 12.8 Å². The molecule has 2 saturated heterocycles. The van der Waals surface area contributed by atoms with E-state index in [1.807, 2.05) is 0 Å². The second-order valence-corrected chi connectivity index (χ2v) is 4.64. The summed E-state index contributed by atoms with van der Waals surface area (Å²) in [6.07, 6.45) is 2.11. The number of amides is 1. The van der Waals surface area contributed by atoms with Crippen LogP contribution in [0.1, 0.15) is 19.3 Å². The molecular formula is C11H20N2O3. The molecule has 2 aliphatic rings. The van der Waals surface area contributed by atoms with Crippen molar-refractivity contribution in [1.82, 2.24) is 10.2 Å². The van der Waals surface area contributed by atoms with Crippen molar-refractivity contribution in [3.63, 3.8) is 0 Å². The molecular weight excluding hydrogens is 208 g/mol. The van der Waals surface area contributed by atoms with Crippen LogP contribution in [0.5, 0.6) is 0 Å². The quantitative estimate of drug-likeness (QED) is 0.673. The van der Waals surface area contributed by atoms with Crippen molar-refractivity contribution in [1.29, 1.82) is 0 Å². The Morgan fingerprint density at radius 3 is 2.94 bits per heavy atom. The van der Waals surface area contributed by atoms with Crippen LogP contribution >= 0.6 is 0 Å². The van der Waals surface area contributed by atoms with E-state index in [4.69, 9.17) is 4.74 Å². The number of carbonyl (C=O) groups is 1. The fraction of sp³-hybridized carbons (Fsp3) is 0.909. The second kappa shape index (κ2) is 5.12. The molecule has 0 aromatic carbocycles. The van der Waals surface area contributed by atoms with Gasteiger partial charge >= 0.3 is 0 Å². The van der Waals surface area contributed by atoms with Crippen molar-refractivity contribution in [2.75, 3.05) is 26.7 Å². The van der Waals surface area contributed by atoms with Gasteiger partial charge in [-0.2, -0.15) is 0 Å². The molecule has 3 atom stereocenters. The highest BCUT2D eigenvalue weighted by Gasteiger charge is 2.32. The molecule has 2 heterocycles. The van der Waals surface area contributed by atoms with Crippen molar-refractivity contribution in [3.8, 4) is 0 Å². The topological polar surface area (TPSA) is 61.8 Å². The van der Waals surface area contributed by atoms with Crippen LogP contribution < -0.4 is 5.32 Å². The number of β-amino-alcohol motifs (C(OH)–C–C–N with tert-alkyl or cyclic N) is 1. The lowest BCUT2D eigenvalue weighted by molar-refractivity contribution is -0.135. The van der Waals surface area contributed by atoms with Crippen molar-refractivity contribution in [3.05, 3.63) is 0 Å². The Balaban J connectivity index is 1.83. The number of rotatable bonds is 3. The minimum absolute atomic E-state index is 0.0691. The fourth-order valence-corrected chi connectivity index (χ4v) is 2.38. The van der Waals surface area contributed by atoms with Crippen LogP contribution in [0, 0.1) is 0 Å². The van der Waals surface area contributed by atoms with E-state index in [-0.39, 0.29) is 18.1 Å². The second-order valence-electron chi connectivity index (χ2n) is 4.64. The largest absolute Gasteiger partial charge is 0.390 e. The predicted molar refractivity (Wildman–Crippen MR) is 59.0 cm³/mol. The summed E-state index contributed by atoms with van der Waals surface area (Å²) in [5.74, 6) is 0.0691. The summed E-state index contributed by atoms with van der Waals surface area (Å²) in [4.78, 5) is 13.6. The number of aliphatic hydroxyl groups excluding tert-OH is 1. The van der Waals surface area contributed by atoms with Gasteiger partial charge < -0.3 is 20.1 Å². The van der Waals surface area contributed by atoms with Crippen LogP contribution in [0.4, 0.5) is 0 Å². The maximum absolute atomic E-state index is 11.9. The van der Waals surface area contributed by atoms with E-state index in [2.05, 4.69) is 5.32 Å². The van der Waals surface area contributed by atoms with E-state index in [1.54, 1.807) is 11.9 Å². The van der Waals surface area contributed by atoms with E-state index in [0.29, 0.717) is 19.5 Å².